The molecule has 1 aliphatic rings. The van der Waals surface area contributed by atoms with E-state index >= 15 is 0 Å². The molecular formula is C15H12FN3OS. The normalized spacial score (nSPS) is 19.6. The number of hydrogen-bond donors (Lipinski definition) is 2. The van der Waals surface area contributed by atoms with Crippen LogP contribution in [0.3, 0.4) is 0 Å². The molecule has 2 N–H and O–H groups in total. The van der Waals surface area contributed by atoms with E-state index in [1.807, 2.05) is 12.1 Å². The van der Waals surface area contributed by atoms with Gasteiger partial charge in [-0.25, -0.2) is 4.39 Å². The molecule has 1 fully saturated rings. The lowest BCUT2D eigenvalue weighted by molar-refractivity contribution is -0.116. The first-order chi connectivity index (χ1) is 10.2. The Kier molecular flexibility index (Phi) is 3.87. The number of hydrogen-bond acceptors (Lipinski definition) is 4. The summed E-state index contributed by atoms with van der Waals surface area (Å²) in [6, 6.07) is 10.00. The molecule has 0 saturated carbocycles. The van der Waals surface area contributed by atoms with Crippen molar-refractivity contribution in [3.05, 3.63) is 65.1 Å². The van der Waals surface area contributed by atoms with Gasteiger partial charge >= 0.3 is 0 Å². The largest absolute Gasteiger partial charge is 0.354 e. The number of para-hydroxylation sites is 1. The molecule has 1 saturated heterocycles. The van der Waals surface area contributed by atoms with Gasteiger partial charge in [0, 0.05) is 12.4 Å². The van der Waals surface area contributed by atoms with Gasteiger partial charge in [0.15, 0.2) is 5.50 Å². The summed E-state index contributed by atoms with van der Waals surface area (Å²) >= 11 is 1.32. The van der Waals surface area contributed by atoms with Gasteiger partial charge < -0.3 is 10.6 Å². The molecule has 3 rings (SSSR count). The third kappa shape index (κ3) is 3.22. The van der Waals surface area contributed by atoms with E-state index in [2.05, 4.69) is 15.6 Å². The van der Waals surface area contributed by atoms with Crippen molar-refractivity contribution in [3.8, 4) is 0 Å². The number of amides is 1. The molecule has 1 amide bonds. The zero-order valence-corrected chi connectivity index (χ0v) is 11.7. The average molecular weight is 301 g/mol. The Bertz CT molecular complexity index is 690. The van der Waals surface area contributed by atoms with E-state index in [1.54, 1.807) is 36.7 Å². The summed E-state index contributed by atoms with van der Waals surface area (Å²) in [4.78, 5) is 16.4. The highest BCUT2D eigenvalue weighted by atomic mass is 32.2. The number of halogens is 1. The number of nitrogens with one attached hydrogen (secondary N) is 2. The molecule has 1 aliphatic heterocycles. The summed E-state index contributed by atoms with van der Waals surface area (Å²) in [6.07, 6.45) is 5.11. The number of carbonyl (C=O) groups excluding carboxylic acids is 1. The van der Waals surface area contributed by atoms with E-state index in [0.717, 1.165) is 5.56 Å². The number of benzene rings is 1. The van der Waals surface area contributed by atoms with Gasteiger partial charge in [-0.3, -0.25) is 9.78 Å². The van der Waals surface area contributed by atoms with Crippen molar-refractivity contribution in [3.63, 3.8) is 0 Å². The number of aromatic nitrogens is 1. The lowest BCUT2D eigenvalue weighted by atomic mass is 10.2. The third-order valence-corrected chi connectivity index (χ3v) is 3.92. The fraction of sp³-hybridized carbons (Fsp3) is 0.0667. The van der Waals surface area contributed by atoms with Gasteiger partial charge in [-0.2, -0.15) is 0 Å². The number of thioether (sulfide) groups is 1. The molecule has 6 heteroatoms. The van der Waals surface area contributed by atoms with Gasteiger partial charge in [0.1, 0.15) is 5.82 Å². The number of pyridine rings is 1. The van der Waals surface area contributed by atoms with Gasteiger partial charge in [-0.15, -0.1) is 0 Å². The van der Waals surface area contributed by atoms with E-state index in [-0.39, 0.29) is 17.2 Å². The topological polar surface area (TPSA) is 54.0 Å². The molecule has 2 aromatic rings. The molecule has 0 spiro atoms. The van der Waals surface area contributed by atoms with Crippen molar-refractivity contribution in [1.82, 2.24) is 10.3 Å². The second-order valence-electron chi connectivity index (χ2n) is 4.38. The summed E-state index contributed by atoms with van der Waals surface area (Å²) in [5, 5.41) is 5.72. The molecule has 2 heterocycles. The molecule has 0 bridgehead atoms. The number of rotatable bonds is 3. The van der Waals surface area contributed by atoms with Crippen LogP contribution in [0.25, 0.3) is 6.08 Å². The van der Waals surface area contributed by atoms with Crippen LogP contribution in [0.4, 0.5) is 10.1 Å². The fourth-order valence-corrected chi connectivity index (χ4v) is 2.87. The van der Waals surface area contributed by atoms with Crippen LogP contribution in [0.5, 0.6) is 0 Å². The van der Waals surface area contributed by atoms with E-state index in [1.165, 1.54) is 17.8 Å². The highest BCUT2D eigenvalue weighted by Gasteiger charge is 2.27. The SMILES string of the molecule is O=C1NC(Nc2ccccc2F)S/C1=C\c1ccncc1. The Morgan fingerprint density at radius 3 is 2.76 bits per heavy atom. The van der Waals surface area contributed by atoms with E-state index in [0.29, 0.717) is 10.6 Å². The molecule has 1 aromatic carbocycles. The Balaban J connectivity index is 1.73. The molecule has 106 valence electrons. The first-order valence-electron chi connectivity index (χ1n) is 6.33. The quantitative estimate of drug-likeness (QED) is 0.856. The molecule has 0 aliphatic carbocycles. The van der Waals surface area contributed by atoms with E-state index < -0.39 is 0 Å². The van der Waals surface area contributed by atoms with Gasteiger partial charge in [-0.1, -0.05) is 23.9 Å². The van der Waals surface area contributed by atoms with Crippen molar-refractivity contribution < 1.29 is 9.18 Å². The van der Waals surface area contributed by atoms with Crippen molar-refractivity contribution in [2.45, 2.75) is 5.50 Å². The van der Waals surface area contributed by atoms with Crippen LogP contribution in [0, 0.1) is 5.82 Å². The predicted octanol–water partition coefficient (Wildman–Crippen LogP) is 2.82. The smallest absolute Gasteiger partial charge is 0.260 e. The highest BCUT2D eigenvalue weighted by molar-refractivity contribution is 8.05. The summed E-state index contributed by atoms with van der Waals surface area (Å²) < 4.78 is 13.6. The van der Waals surface area contributed by atoms with Crippen LogP contribution in [-0.2, 0) is 4.79 Å². The van der Waals surface area contributed by atoms with Crippen molar-refractivity contribution in [1.29, 1.82) is 0 Å². The average Bonchev–Trinajstić information content (AvgIpc) is 2.82. The molecule has 0 radical (unpaired) electrons. The van der Waals surface area contributed by atoms with Crippen molar-refractivity contribution in [2.75, 3.05) is 5.32 Å². The molecule has 21 heavy (non-hydrogen) atoms. The molecule has 1 unspecified atom stereocenters. The number of nitrogens with zero attached hydrogens (tertiary/aromatic N) is 1. The molecule has 1 atom stereocenters. The summed E-state index contributed by atoms with van der Waals surface area (Å²) in [7, 11) is 0. The minimum absolute atomic E-state index is 0.175. The fourth-order valence-electron chi connectivity index (χ4n) is 1.90. The van der Waals surface area contributed by atoms with Gasteiger partial charge in [0.2, 0.25) is 0 Å². The number of anilines is 1. The van der Waals surface area contributed by atoms with Crippen molar-refractivity contribution >= 4 is 29.4 Å². The zero-order valence-electron chi connectivity index (χ0n) is 10.9. The van der Waals surface area contributed by atoms with Crippen LogP contribution in [-0.4, -0.2) is 16.4 Å². The Morgan fingerprint density at radius 1 is 1.24 bits per heavy atom. The molecule has 4 nitrogen and oxygen atoms in total. The predicted molar refractivity (Wildman–Crippen MR) is 81.8 cm³/mol. The second-order valence-corrected chi connectivity index (χ2v) is 5.53. The maximum absolute atomic E-state index is 13.6. The van der Waals surface area contributed by atoms with E-state index in [9.17, 15) is 9.18 Å². The Morgan fingerprint density at radius 2 is 2.00 bits per heavy atom. The summed E-state index contributed by atoms with van der Waals surface area (Å²) in [6.45, 7) is 0. The monoisotopic (exact) mass is 301 g/mol. The maximum atomic E-state index is 13.6. The van der Waals surface area contributed by atoms with Crippen molar-refractivity contribution in [2.24, 2.45) is 0 Å². The summed E-state index contributed by atoms with van der Waals surface area (Å²) in [5.41, 5.74) is 0.872. The van der Waals surface area contributed by atoms with Crippen LogP contribution in [0.1, 0.15) is 5.56 Å². The number of carbonyl (C=O) groups is 1. The van der Waals surface area contributed by atoms with E-state index in [4.69, 9.17) is 0 Å². The highest BCUT2D eigenvalue weighted by Crippen LogP contribution is 2.30. The van der Waals surface area contributed by atoms with Gasteiger partial charge in [0.25, 0.3) is 5.91 Å². The standard InChI is InChI=1S/C15H12FN3OS/c16-11-3-1-2-4-12(11)18-15-19-14(20)13(21-15)9-10-5-7-17-8-6-10/h1-9,15,18H,(H,19,20)/b13-9-. The van der Waals surface area contributed by atoms with Crippen LogP contribution < -0.4 is 10.6 Å². The van der Waals surface area contributed by atoms with Gasteiger partial charge in [0.05, 0.1) is 10.6 Å². The summed E-state index contributed by atoms with van der Waals surface area (Å²) in [5.74, 6) is -0.524. The molecular weight excluding hydrogens is 289 g/mol. The minimum Gasteiger partial charge on any atom is -0.354 e. The van der Waals surface area contributed by atoms with Gasteiger partial charge in [-0.05, 0) is 35.9 Å². The third-order valence-electron chi connectivity index (χ3n) is 2.90. The minimum atomic E-state index is -0.387. The first kappa shape index (κ1) is 13.6. The lowest BCUT2D eigenvalue weighted by Gasteiger charge is -2.12. The zero-order chi connectivity index (χ0) is 14.7. The first-order valence-corrected chi connectivity index (χ1v) is 7.21. The molecule has 1 aromatic heterocycles. The van der Waals surface area contributed by atoms with Crippen LogP contribution in [0.15, 0.2) is 53.7 Å². The Hall–Kier alpha value is -2.34. The maximum Gasteiger partial charge on any atom is 0.260 e. The lowest BCUT2D eigenvalue weighted by Crippen LogP contribution is -2.31. The second kappa shape index (κ2) is 5.97. The van der Waals surface area contributed by atoms with Crippen LogP contribution in [0.2, 0.25) is 0 Å². The van der Waals surface area contributed by atoms with Crippen LogP contribution >= 0.6 is 11.8 Å². The Labute approximate surface area is 125 Å².